The van der Waals surface area contributed by atoms with Crippen molar-refractivity contribution in [2.24, 2.45) is 0 Å². The summed E-state index contributed by atoms with van der Waals surface area (Å²) in [7, 11) is 0. The van der Waals surface area contributed by atoms with Crippen LogP contribution < -0.4 is 0 Å². The van der Waals surface area contributed by atoms with Gasteiger partial charge in [0, 0.05) is 0 Å². The van der Waals surface area contributed by atoms with Gasteiger partial charge in [-0.05, 0) is 36.6 Å². The van der Waals surface area contributed by atoms with Gasteiger partial charge in [-0.15, -0.1) is 5.73 Å². The van der Waals surface area contributed by atoms with Crippen LogP contribution in [0.15, 0.2) is 37.1 Å². The van der Waals surface area contributed by atoms with Crippen molar-refractivity contribution in [3.63, 3.8) is 0 Å². The van der Waals surface area contributed by atoms with Crippen LogP contribution in [0.1, 0.15) is 42.9 Å². The smallest absolute Gasteiger partial charge is 0.166 e. The maximum atomic E-state index is 12.6. The third kappa shape index (κ3) is 7.36. The highest BCUT2D eigenvalue weighted by Gasteiger charge is 2.36. The predicted molar refractivity (Wildman–Crippen MR) is 74.4 cm³/mol. The summed E-state index contributed by atoms with van der Waals surface area (Å²) in [5.74, 6) is 0. The normalized spacial score (nSPS) is 11.4. The molecule has 0 spiro atoms. The van der Waals surface area contributed by atoms with E-state index in [1.807, 2.05) is 6.92 Å². The minimum absolute atomic E-state index is 0.0793. The maximum absolute atomic E-state index is 12.6. The van der Waals surface area contributed by atoms with Crippen LogP contribution in [0, 0.1) is 0 Å². The van der Waals surface area contributed by atoms with E-state index in [9.17, 15) is 26.3 Å². The van der Waals surface area contributed by atoms with Gasteiger partial charge in [-0.1, -0.05) is 32.9 Å². The Morgan fingerprint density at radius 3 is 1.59 bits per heavy atom. The van der Waals surface area contributed by atoms with Crippen molar-refractivity contribution in [1.29, 1.82) is 0 Å². The van der Waals surface area contributed by atoms with Crippen molar-refractivity contribution in [2.45, 2.75) is 45.0 Å². The molecule has 0 amide bonds. The number of rotatable bonds is 4. The standard InChI is InChI=1S/C13H14F6.C3H4/c1-2-3-4-5-9-6-10(12(14,15)16)8-11(7-9)13(17,18)19;1-3-2/h6-8H,2-5H2,1H3;1-2H2. The molecule has 6 heteroatoms. The second-order valence-electron chi connectivity index (χ2n) is 4.62. The Kier molecular flexibility index (Phi) is 8.02. The Balaban J connectivity index is 0.00000135. The average molecular weight is 324 g/mol. The topological polar surface area (TPSA) is 0 Å². The molecule has 1 aromatic carbocycles. The molecule has 0 unspecified atom stereocenters. The van der Waals surface area contributed by atoms with Crippen molar-refractivity contribution in [3.8, 4) is 0 Å². The summed E-state index contributed by atoms with van der Waals surface area (Å²) in [6.45, 7) is 8.16. The number of aryl methyl sites for hydroxylation is 1. The fourth-order valence-corrected chi connectivity index (χ4v) is 1.74. The van der Waals surface area contributed by atoms with Gasteiger partial charge in [0.25, 0.3) is 0 Å². The molecule has 22 heavy (non-hydrogen) atoms. The Bertz CT molecular complexity index is 458. The molecule has 0 aromatic heterocycles. The lowest BCUT2D eigenvalue weighted by Crippen LogP contribution is -2.11. The summed E-state index contributed by atoms with van der Waals surface area (Å²) < 4.78 is 75.3. The number of benzene rings is 1. The van der Waals surface area contributed by atoms with Crippen LogP contribution in [-0.4, -0.2) is 0 Å². The molecule has 1 aromatic rings. The van der Waals surface area contributed by atoms with Crippen molar-refractivity contribution in [3.05, 3.63) is 53.8 Å². The molecule has 0 heterocycles. The molecule has 0 aliphatic rings. The molecule has 0 bridgehead atoms. The van der Waals surface area contributed by atoms with E-state index in [1.165, 1.54) is 0 Å². The molecule has 0 nitrogen and oxygen atoms in total. The molecule has 1 rings (SSSR count). The molecule has 0 aliphatic heterocycles. The van der Waals surface area contributed by atoms with Gasteiger partial charge in [0.2, 0.25) is 0 Å². The molecule has 0 aliphatic carbocycles. The van der Waals surface area contributed by atoms with Gasteiger partial charge in [0.15, 0.2) is 0 Å². The highest BCUT2D eigenvalue weighted by atomic mass is 19.4. The fraction of sp³-hybridized carbons (Fsp3) is 0.438. The van der Waals surface area contributed by atoms with E-state index in [2.05, 4.69) is 18.9 Å². The lowest BCUT2D eigenvalue weighted by atomic mass is 10.0. The lowest BCUT2D eigenvalue weighted by Gasteiger charge is -2.14. The fourth-order valence-electron chi connectivity index (χ4n) is 1.74. The van der Waals surface area contributed by atoms with Gasteiger partial charge < -0.3 is 0 Å². The van der Waals surface area contributed by atoms with E-state index in [0.29, 0.717) is 6.42 Å². The number of alkyl halides is 6. The van der Waals surface area contributed by atoms with Gasteiger partial charge >= 0.3 is 12.4 Å². The van der Waals surface area contributed by atoms with E-state index < -0.39 is 23.5 Å². The Morgan fingerprint density at radius 2 is 1.27 bits per heavy atom. The van der Waals surface area contributed by atoms with E-state index in [0.717, 1.165) is 25.0 Å². The van der Waals surface area contributed by atoms with E-state index in [-0.39, 0.29) is 18.1 Å². The van der Waals surface area contributed by atoms with Crippen LogP contribution in [-0.2, 0) is 18.8 Å². The van der Waals surface area contributed by atoms with Crippen LogP contribution in [0.5, 0.6) is 0 Å². The first kappa shape index (κ1) is 20.3. The van der Waals surface area contributed by atoms with Gasteiger partial charge in [-0.25, -0.2) is 0 Å². The van der Waals surface area contributed by atoms with Crippen LogP contribution in [0.25, 0.3) is 0 Å². The van der Waals surface area contributed by atoms with Crippen molar-refractivity contribution in [1.82, 2.24) is 0 Å². The second-order valence-corrected chi connectivity index (χ2v) is 4.62. The zero-order chi connectivity index (χ0) is 17.4. The summed E-state index contributed by atoms with van der Waals surface area (Å²) in [6.07, 6.45) is -7.10. The van der Waals surface area contributed by atoms with Gasteiger partial charge in [-0.2, -0.15) is 26.3 Å². The zero-order valence-electron chi connectivity index (χ0n) is 12.2. The zero-order valence-corrected chi connectivity index (χ0v) is 12.2. The number of unbranched alkanes of at least 4 members (excludes halogenated alkanes) is 2. The molecule has 0 radical (unpaired) electrons. The quantitative estimate of drug-likeness (QED) is 0.341. The summed E-state index contributed by atoms with van der Waals surface area (Å²) in [4.78, 5) is 0. The van der Waals surface area contributed by atoms with Gasteiger partial charge in [0.1, 0.15) is 0 Å². The first-order valence-electron chi connectivity index (χ1n) is 6.63. The Hall–Kier alpha value is -1.68. The summed E-state index contributed by atoms with van der Waals surface area (Å²) in [5.41, 5.74) is -0.154. The molecule has 124 valence electrons. The van der Waals surface area contributed by atoms with Crippen molar-refractivity contribution < 1.29 is 26.3 Å². The van der Waals surface area contributed by atoms with E-state index >= 15 is 0 Å². The molecule has 0 fully saturated rings. The van der Waals surface area contributed by atoms with E-state index in [4.69, 9.17) is 0 Å². The Labute approximate surface area is 126 Å². The van der Waals surface area contributed by atoms with Crippen molar-refractivity contribution >= 4 is 0 Å². The first-order chi connectivity index (χ1) is 10.1. The third-order valence-electron chi connectivity index (χ3n) is 2.72. The summed E-state index contributed by atoms with van der Waals surface area (Å²) >= 11 is 0. The molecular weight excluding hydrogens is 306 g/mol. The third-order valence-corrected chi connectivity index (χ3v) is 2.72. The van der Waals surface area contributed by atoms with E-state index in [1.54, 1.807) is 0 Å². The van der Waals surface area contributed by atoms with Crippen LogP contribution in [0.4, 0.5) is 26.3 Å². The molecule has 0 saturated heterocycles. The molecule has 0 N–H and O–H groups in total. The monoisotopic (exact) mass is 324 g/mol. The summed E-state index contributed by atoms with van der Waals surface area (Å²) in [6, 6.07) is 1.75. The van der Waals surface area contributed by atoms with Crippen molar-refractivity contribution in [2.75, 3.05) is 0 Å². The van der Waals surface area contributed by atoms with Crippen LogP contribution in [0.2, 0.25) is 0 Å². The summed E-state index contributed by atoms with van der Waals surface area (Å²) in [5, 5.41) is 0. The minimum atomic E-state index is -4.76. The number of hydrogen-bond donors (Lipinski definition) is 0. The highest BCUT2D eigenvalue weighted by Crippen LogP contribution is 2.36. The highest BCUT2D eigenvalue weighted by molar-refractivity contribution is 5.33. The van der Waals surface area contributed by atoms with Crippen LogP contribution in [0.3, 0.4) is 0 Å². The second kappa shape index (κ2) is 8.69. The minimum Gasteiger partial charge on any atom is -0.166 e. The molecule has 0 atom stereocenters. The first-order valence-corrected chi connectivity index (χ1v) is 6.63. The average Bonchev–Trinajstić information content (AvgIpc) is 2.37. The lowest BCUT2D eigenvalue weighted by molar-refractivity contribution is -0.143. The van der Waals surface area contributed by atoms with Gasteiger partial charge in [0.05, 0.1) is 11.1 Å². The molecule has 0 saturated carbocycles. The number of halogens is 6. The van der Waals surface area contributed by atoms with Gasteiger partial charge in [-0.3, -0.25) is 0 Å². The maximum Gasteiger partial charge on any atom is 0.416 e. The largest absolute Gasteiger partial charge is 0.416 e. The van der Waals surface area contributed by atoms with Crippen LogP contribution >= 0.6 is 0 Å². The Morgan fingerprint density at radius 1 is 0.864 bits per heavy atom. The molecular formula is C16H18F6. The SMILES string of the molecule is C=C=C.CCCCCc1cc(C(F)(F)F)cc(C(F)(F)F)c1. The number of hydrogen-bond acceptors (Lipinski definition) is 0. The predicted octanol–water partition coefficient (Wildman–Crippen LogP) is 6.41.